The molecule has 0 aliphatic carbocycles. The Hall–Kier alpha value is -2.28. The lowest BCUT2D eigenvalue weighted by Gasteiger charge is -2.07. The van der Waals surface area contributed by atoms with E-state index >= 15 is 0 Å². The number of rotatable bonds is 7. The summed E-state index contributed by atoms with van der Waals surface area (Å²) >= 11 is 7.45. The highest BCUT2D eigenvalue weighted by Crippen LogP contribution is 2.33. The van der Waals surface area contributed by atoms with Crippen molar-refractivity contribution < 1.29 is 14.1 Å². The number of methoxy groups -OCH3 is 1. The molecule has 1 heterocycles. The van der Waals surface area contributed by atoms with Crippen molar-refractivity contribution in [2.24, 2.45) is 0 Å². The van der Waals surface area contributed by atoms with Crippen LogP contribution in [0.15, 0.2) is 57.9 Å². The summed E-state index contributed by atoms with van der Waals surface area (Å²) in [6.45, 7) is 2.29. The van der Waals surface area contributed by atoms with E-state index in [4.69, 9.17) is 20.9 Å². The van der Waals surface area contributed by atoms with Gasteiger partial charge in [0.15, 0.2) is 0 Å². The van der Waals surface area contributed by atoms with Crippen molar-refractivity contribution in [3.8, 4) is 11.1 Å². The Labute approximate surface area is 167 Å². The maximum atomic E-state index is 12.4. The summed E-state index contributed by atoms with van der Waals surface area (Å²) in [4.78, 5) is 13.5. The largest absolute Gasteiger partial charge is 0.378 e. The number of amides is 1. The topological polar surface area (TPSA) is 64.4 Å². The van der Waals surface area contributed by atoms with Crippen LogP contribution in [0, 0.1) is 6.92 Å². The Balaban J connectivity index is 1.77. The van der Waals surface area contributed by atoms with E-state index in [1.54, 1.807) is 19.2 Å². The first-order chi connectivity index (χ1) is 13.1. The zero-order chi connectivity index (χ0) is 19.2. The number of carbonyl (C=O) groups excluding carboxylic acids is 1. The van der Waals surface area contributed by atoms with Crippen LogP contribution in [0.4, 0.5) is 5.88 Å². The Morgan fingerprint density at radius 2 is 1.96 bits per heavy atom. The van der Waals surface area contributed by atoms with E-state index in [2.05, 4.69) is 10.5 Å². The van der Waals surface area contributed by atoms with E-state index < -0.39 is 0 Å². The number of benzene rings is 2. The SMILES string of the molecule is COCc1noc(NC(=O)CSc2ccccc2C)c1-c1ccc(Cl)cc1. The van der Waals surface area contributed by atoms with Gasteiger partial charge in [-0.2, -0.15) is 0 Å². The van der Waals surface area contributed by atoms with Crippen LogP contribution < -0.4 is 5.32 Å². The second-order valence-electron chi connectivity index (χ2n) is 5.88. The maximum Gasteiger partial charge on any atom is 0.239 e. The molecule has 0 atom stereocenters. The summed E-state index contributed by atoms with van der Waals surface area (Å²) in [5, 5.41) is 7.48. The predicted molar refractivity (Wildman–Crippen MR) is 108 cm³/mol. The summed E-state index contributed by atoms with van der Waals surface area (Å²) < 4.78 is 10.6. The van der Waals surface area contributed by atoms with E-state index in [1.165, 1.54) is 11.8 Å². The number of halogens is 1. The molecule has 0 radical (unpaired) electrons. The number of hydrogen-bond donors (Lipinski definition) is 1. The second kappa shape index (κ2) is 9.08. The lowest BCUT2D eigenvalue weighted by atomic mass is 10.1. The van der Waals surface area contributed by atoms with Crippen molar-refractivity contribution in [2.45, 2.75) is 18.4 Å². The molecule has 1 amide bonds. The average molecular weight is 403 g/mol. The third-order valence-corrected chi connectivity index (χ3v) is 5.31. The van der Waals surface area contributed by atoms with Crippen molar-refractivity contribution in [1.82, 2.24) is 5.16 Å². The Bertz CT molecular complexity index is 925. The molecule has 3 rings (SSSR count). The highest BCUT2D eigenvalue weighted by Gasteiger charge is 2.20. The summed E-state index contributed by atoms with van der Waals surface area (Å²) in [7, 11) is 1.58. The highest BCUT2D eigenvalue weighted by molar-refractivity contribution is 8.00. The van der Waals surface area contributed by atoms with Crippen LogP contribution in [-0.2, 0) is 16.1 Å². The van der Waals surface area contributed by atoms with E-state index in [0.29, 0.717) is 22.2 Å². The molecular formula is C20H19ClN2O3S. The molecule has 3 aromatic rings. The number of nitrogens with one attached hydrogen (secondary N) is 1. The van der Waals surface area contributed by atoms with Gasteiger partial charge in [0, 0.05) is 17.0 Å². The lowest BCUT2D eigenvalue weighted by molar-refractivity contribution is -0.113. The zero-order valence-corrected chi connectivity index (χ0v) is 16.6. The van der Waals surface area contributed by atoms with E-state index in [0.717, 1.165) is 16.0 Å². The van der Waals surface area contributed by atoms with E-state index in [9.17, 15) is 4.79 Å². The van der Waals surface area contributed by atoms with Crippen molar-refractivity contribution in [1.29, 1.82) is 0 Å². The number of aryl methyl sites for hydroxylation is 1. The maximum absolute atomic E-state index is 12.4. The molecule has 0 spiro atoms. The first-order valence-corrected chi connectivity index (χ1v) is 9.66. The molecule has 0 aliphatic heterocycles. The predicted octanol–water partition coefficient (Wildman–Crippen LogP) is 5.18. The Morgan fingerprint density at radius 3 is 2.67 bits per heavy atom. The fraction of sp³-hybridized carbons (Fsp3) is 0.200. The summed E-state index contributed by atoms with van der Waals surface area (Å²) in [6, 6.07) is 15.2. The second-order valence-corrected chi connectivity index (χ2v) is 7.33. The Morgan fingerprint density at radius 1 is 1.22 bits per heavy atom. The first kappa shape index (κ1) is 19.5. The number of thioether (sulfide) groups is 1. The summed E-state index contributed by atoms with van der Waals surface area (Å²) in [6.07, 6.45) is 0. The molecule has 1 aromatic heterocycles. The lowest BCUT2D eigenvalue weighted by Crippen LogP contribution is -2.14. The van der Waals surface area contributed by atoms with Crippen LogP contribution >= 0.6 is 23.4 Å². The number of nitrogens with zero attached hydrogens (tertiary/aromatic N) is 1. The van der Waals surface area contributed by atoms with Gasteiger partial charge in [0.1, 0.15) is 5.69 Å². The number of carbonyl (C=O) groups is 1. The molecule has 7 heteroatoms. The summed E-state index contributed by atoms with van der Waals surface area (Å²) in [5.41, 5.74) is 3.29. The van der Waals surface area contributed by atoms with Crippen LogP contribution in [0.25, 0.3) is 11.1 Å². The molecule has 2 aromatic carbocycles. The van der Waals surface area contributed by atoms with Crippen LogP contribution in [0.3, 0.4) is 0 Å². The van der Waals surface area contributed by atoms with Gasteiger partial charge in [0.25, 0.3) is 0 Å². The fourth-order valence-electron chi connectivity index (χ4n) is 2.58. The molecule has 140 valence electrons. The number of hydrogen-bond acceptors (Lipinski definition) is 5. The molecule has 0 saturated heterocycles. The van der Waals surface area contributed by atoms with Gasteiger partial charge in [-0.15, -0.1) is 11.8 Å². The van der Waals surface area contributed by atoms with Gasteiger partial charge < -0.3 is 9.26 Å². The van der Waals surface area contributed by atoms with Crippen molar-refractivity contribution in [3.05, 3.63) is 64.8 Å². The monoisotopic (exact) mass is 402 g/mol. The molecule has 1 N–H and O–H groups in total. The van der Waals surface area contributed by atoms with Gasteiger partial charge in [-0.3, -0.25) is 10.1 Å². The molecule has 0 unspecified atom stereocenters. The van der Waals surface area contributed by atoms with Gasteiger partial charge >= 0.3 is 0 Å². The first-order valence-electron chi connectivity index (χ1n) is 8.30. The fourth-order valence-corrected chi connectivity index (χ4v) is 3.54. The minimum absolute atomic E-state index is 0.168. The van der Waals surface area contributed by atoms with Crippen LogP contribution in [0.5, 0.6) is 0 Å². The van der Waals surface area contributed by atoms with Gasteiger partial charge in [-0.25, -0.2) is 0 Å². The average Bonchev–Trinajstić information content (AvgIpc) is 3.04. The highest BCUT2D eigenvalue weighted by atomic mass is 35.5. The van der Waals surface area contributed by atoms with Gasteiger partial charge in [-0.05, 0) is 36.2 Å². The molecule has 27 heavy (non-hydrogen) atoms. The minimum Gasteiger partial charge on any atom is -0.378 e. The van der Waals surface area contributed by atoms with Crippen LogP contribution in [0.1, 0.15) is 11.3 Å². The minimum atomic E-state index is -0.168. The van der Waals surface area contributed by atoms with E-state index in [1.807, 2.05) is 43.3 Å². The summed E-state index contributed by atoms with van der Waals surface area (Å²) in [5.74, 6) is 0.406. The van der Waals surface area contributed by atoms with Crippen LogP contribution in [0.2, 0.25) is 5.02 Å². The molecule has 0 aliphatic rings. The number of ether oxygens (including phenoxy) is 1. The van der Waals surface area contributed by atoms with Crippen molar-refractivity contribution in [2.75, 3.05) is 18.2 Å². The molecule has 0 fully saturated rings. The molecular weight excluding hydrogens is 384 g/mol. The van der Waals surface area contributed by atoms with Crippen molar-refractivity contribution in [3.63, 3.8) is 0 Å². The smallest absolute Gasteiger partial charge is 0.239 e. The van der Waals surface area contributed by atoms with Crippen LogP contribution in [-0.4, -0.2) is 23.9 Å². The molecule has 0 bridgehead atoms. The van der Waals surface area contributed by atoms with E-state index in [-0.39, 0.29) is 18.3 Å². The van der Waals surface area contributed by atoms with Crippen molar-refractivity contribution >= 4 is 35.2 Å². The third-order valence-electron chi connectivity index (χ3n) is 3.88. The Kier molecular flexibility index (Phi) is 6.55. The van der Waals surface area contributed by atoms with Gasteiger partial charge in [0.2, 0.25) is 11.8 Å². The quantitative estimate of drug-likeness (QED) is 0.551. The number of aromatic nitrogens is 1. The normalized spacial score (nSPS) is 10.8. The number of anilines is 1. The van der Waals surface area contributed by atoms with Gasteiger partial charge in [-0.1, -0.05) is 47.1 Å². The van der Waals surface area contributed by atoms with Gasteiger partial charge in [0.05, 0.1) is 17.9 Å². The zero-order valence-electron chi connectivity index (χ0n) is 15.0. The molecule has 5 nitrogen and oxygen atoms in total. The standard InChI is InChI=1S/C20H19ClN2O3S/c1-13-5-3-4-6-17(13)27-12-18(24)22-20-19(16(11-25-2)23-26-20)14-7-9-15(21)10-8-14/h3-10H,11-12H2,1-2H3,(H,22,24). The third kappa shape index (κ3) is 4.91. The molecule has 0 saturated carbocycles.